The zero-order chi connectivity index (χ0) is 3.58. The van der Waals surface area contributed by atoms with Crippen LogP contribution in [0.1, 0.15) is 0 Å². The number of hydrogen-bond donors (Lipinski definition) is 2. The molecule has 6 heteroatoms. The summed E-state index contributed by atoms with van der Waals surface area (Å²) in [6.07, 6.45) is 0. The van der Waals surface area contributed by atoms with Crippen LogP contribution in [0.25, 0.3) is 0 Å². The molecule has 0 atom stereocenters. The molecule has 2 nitrogen and oxygen atoms in total. The van der Waals surface area contributed by atoms with Crippen LogP contribution in [0.2, 0.25) is 0 Å². The van der Waals surface area contributed by atoms with Gasteiger partial charge in [-0.3, -0.25) is 4.32 Å². The van der Waals surface area contributed by atoms with Crippen molar-refractivity contribution in [1.29, 1.82) is 0 Å². The van der Waals surface area contributed by atoms with Crippen molar-refractivity contribution < 1.29 is 14.4 Å². The third-order valence-corrected chi connectivity index (χ3v) is 0. The molecule has 30 valence electrons. The van der Waals surface area contributed by atoms with E-state index >= 15 is 0 Å². The van der Waals surface area contributed by atoms with Crippen molar-refractivity contribution >= 4 is 75.7 Å². The van der Waals surface area contributed by atoms with E-state index < -0.39 is 7.40 Å². The number of halogens is 1. The van der Waals surface area contributed by atoms with Crippen molar-refractivity contribution in [3.05, 3.63) is 0 Å². The average molecular weight is 161 g/mol. The van der Waals surface area contributed by atoms with E-state index in [-0.39, 0.29) is 68.3 Å². The average Bonchev–Trinajstić information content (AvgIpc) is 0.811. The van der Waals surface area contributed by atoms with Crippen molar-refractivity contribution in [2.75, 3.05) is 0 Å². The zero-order valence-electron chi connectivity index (χ0n) is 1.85. The van der Waals surface area contributed by atoms with Crippen LogP contribution in [0.5, 0.6) is 0 Å². The van der Waals surface area contributed by atoms with Gasteiger partial charge in [-0.25, -0.2) is 0 Å². The van der Waals surface area contributed by atoms with Gasteiger partial charge < -0.3 is 10.0 Å². The van der Waals surface area contributed by atoms with E-state index in [1.807, 2.05) is 0 Å². The fourth-order valence-corrected chi connectivity index (χ4v) is 0. The van der Waals surface area contributed by atoms with Gasteiger partial charge in [-0.2, -0.15) is 0 Å². The Morgan fingerprint density at radius 3 is 1.33 bits per heavy atom. The van der Waals surface area contributed by atoms with Crippen LogP contribution in [-0.2, 0) is 0 Å². The van der Waals surface area contributed by atoms with Gasteiger partial charge in [-0.05, 0) is 0 Å². The minimum absolute atomic E-state index is 0. The zero-order valence-corrected chi connectivity index (χ0v) is 1.85. The summed E-state index contributed by atoms with van der Waals surface area (Å²) in [5.41, 5.74) is 0. The Hall–Kier alpha value is 1.89. The Morgan fingerprint density at radius 1 is 1.33 bits per heavy atom. The van der Waals surface area contributed by atoms with E-state index in [1.54, 1.807) is 0 Å². The molecule has 0 spiro atoms. The van der Waals surface area contributed by atoms with Gasteiger partial charge in [0.25, 0.3) is 0 Å². The molecule has 0 radical (unpaired) electrons. The molecule has 0 bridgehead atoms. The van der Waals surface area contributed by atoms with Crippen molar-refractivity contribution in [3.63, 3.8) is 0 Å². The second kappa shape index (κ2) is 10.00. The number of rotatable bonds is 0. The van der Waals surface area contributed by atoms with E-state index in [0.717, 1.165) is 0 Å². The Bertz CT molecular complexity index is 18.3. The maximum absolute atomic E-state index is 10.1. The summed E-state index contributed by atoms with van der Waals surface area (Å²) in [5, 5.41) is 13.9. The molecule has 0 saturated heterocycles. The molecule has 0 unspecified atom stereocenters. The Labute approximate surface area is 88.3 Å². The van der Waals surface area contributed by atoms with E-state index in [9.17, 15) is 4.32 Å². The standard InChI is InChI=1S/BFH2O2.Be.Rb.3H/c2-1(3)4;;;;;/h3-4H;;;;;. The van der Waals surface area contributed by atoms with E-state index in [0.29, 0.717) is 0 Å². The summed E-state index contributed by atoms with van der Waals surface area (Å²) in [7, 11) is -2.67. The van der Waals surface area contributed by atoms with Gasteiger partial charge in [0.2, 0.25) is 0 Å². The summed E-state index contributed by atoms with van der Waals surface area (Å²) >= 11 is 0. The summed E-state index contributed by atoms with van der Waals surface area (Å²) in [4.78, 5) is 0. The summed E-state index contributed by atoms with van der Waals surface area (Å²) in [6.45, 7) is 0. The van der Waals surface area contributed by atoms with Gasteiger partial charge >= 0.3 is 75.7 Å². The number of hydrogen-bond acceptors (Lipinski definition) is 2. The molecule has 0 fully saturated rings. The van der Waals surface area contributed by atoms with Crippen LogP contribution in [0, 0.1) is 0 Å². The molecule has 0 aliphatic carbocycles. The summed E-state index contributed by atoms with van der Waals surface area (Å²) in [5.74, 6) is 0. The fourth-order valence-electron chi connectivity index (χ4n) is 0. The van der Waals surface area contributed by atoms with Crippen LogP contribution in [0.3, 0.4) is 0 Å². The normalized spacial score (nSPS) is 4.50. The third kappa shape index (κ3) is 39.4. The van der Waals surface area contributed by atoms with Crippen molar-refractivity contribution in [1.82, 2.24) is 0 Å². The van der Waals surface area contributed by atoms with Gasteiger partial charge in [-0.1, -0.05) is 0 Å². The first-order valence-corrected chi connectivity index (χ1v) is 0.735. The molecular formula is H5BBeFO2Rb. The molecule has 0 saturated carbocycles. The monoisotopic (exact) mass is 161 g/mol. The molecule has 2 N–H and O–H groups in total. The maximum atomic E-state index is 10.1. The van der Waals surface area contributed by atoms with E-state index in [4.69, 9.17) is 10.0 Å². The molecule has 0 aromatic rings. The van der Waals surface area contributed by atoms with Gasteiger partial charge in [0.15, 0.2) is 0 Å². The van der Waals surface area contributed by atoms with Crippen molar-refractivity contribution in [2.45, 2.75) is 0 Å². The van der Waals surface area contributed by atoms with Crippen molar-refractivity contribution in [2.24, 2.45) is 0 Å². The van der Waals surface area contributed by atoms with Gasteiger partial charge in [0, 0.05) is 0 Å². The Morgan fingerprint density at radius 2 is 1.33 bits per heavy atom. The molecular weight excluding hydrogens is 156 g/mol. The van der Waals surface area contributed by atoms with Crippen molar-refractivity contribution in [3.8, 4) is 0 Å². The second-order valence-electron chi connectivity index (χ2n) is 0.311. The topological polar surface area (TPSA) is 40.5 Å². The molecule has 0 aliphatic rings. The summed E-state index contributed by atoms with van der Waals surface area (Å²) in [6, 6.07) is 0. The molecule has 0 aromatic carbocycles. The molecule has 6 heavy (non-hydrogen) atoms. The first-order valence-electron chi connectivity index (χ1n) is 0.735. The fraction of sp³-hybridized carbons (Fsp3) is 0. The van der Waals surface area contributed by atoms with Crippen LogP contribution in [0.15, 0.2) is 0 Å². The van der Waals surface area contributed by atoms with Crippen LogP contribution >= 0.6 is 0 Å². The quantitative estimate of drug-likeness (QED) is 0.381. The molecule has 0 aliphatic heterocycles. The van der Waals surface area contributed by atoms with Crippen LogP contribution in [-0.4, -0.2) is 85.8 Å². The molecule has 0 amide bonds. The van der Waals surface area contributed by atoms with Gasteiger partial charge in [-0.15, -0.1) is 0 Å². The Balaban J connectivity index is -0.0000000450. The van der Waals surface area contributed by atoms with Gasteiger partial charge in [0.05, 0.1) is 0 Å². The first kappa shape index (κ1) is 15.7. The van der Waals surface area contributed by atoms with Crippen LogP contribution < -0.4 is 0 Å². The van der Waals surface area contributed by atoms with E-state index in [2.05, 4.69) is 0 Å². The molecule has 0 aromatic heterocycles. The van der Waals surface area contributed by atoms with Crippen LogP contribution in [0.4, 0.5) is 4.32 Å². The molecule has 0 rings (SSSR count). The van der Waals surface area contributed by atoms with E-state index in [1.165, 1.54) is 0 Å². The summed E-state index contributed by atoms with van der Waals surface area (Å²) < 4.78 is 10.1. The predicted molar refractivity (Wildman–Crippen MR) is 27.0 cm³/mol. The molecule has 0 heterocycles. The minimum atomic E-state index is -2.67. The first-order chi connectivity index (χ1) is 1.73. The second-order valence-corrected chi connectivity index (χ2v) is 0.311. The van der Waals surface area contributed by atoms with Gasteiger partial charge in [0.1, 0.15) is 0 Å². The predicted octanol–water partition coefficient (Wildman–Crippen LogP) is -2.64. The Kier molecular flexibility index (Phi) is 26.1. The SMILES string of the molecule is OB(O)F.[BeH2].[RbH]. The third-order valence-electron chi connectivity index (χ3n) is 0.